The molecule has 2 heteroatoms. The Kier molecular flexibility index (Phi) is 3.18. The summed E-state index contributed by atoms with van der Waals surface area (Å²) in [5.74, 6) is 1.42. The number of rotatable bonds is 3. The molecule has 2 nitrogen and oxygen atoms in total. The monoisotopic (exact) mass is 259 g/mol. The van der Waals surface area contributed by atoms with E-state index < -0.39 is 6.10 Å². The normalized spacial score (nSPS) is 34.7. The second kappa shape index (κ2) is 4.60. The van der Waals surface area contributed by atoms with Crippen LogP contribution in [0.1, 0.15) is 48.5 Å². The first-order valence-corrected chi connectivity index (χ1v) is 7.52. The van der Waals surface area contributed by atoms with Crippen molar-refractivity contribution in [1.29, 1.82) is 0 Å². The summed E-state index contributed by atoms with van der Waals surface area (Å²) in [7, 11) is 0. The summed E-state index contributed by atoms with van der Waals surface area (Å²) in [6, 6.07) is 6.36. The molecule has 3 N–H and O–H groups in total. The van der Waals surface area contributed by atoms with Crippen LogP contribution in [0.3, 0.4) is 0 Å². The van der Waals surface area contributed by atoms with Gasteiger partial charge in [-0.2, -0.15) is 0 Å². The molecule has 0 amide bonds. The molecule has 19 heavy (non-hydrogen) atoms. The van der Waals surface area contributed by atoms with Crippen molar-refractivity contribution >= 4 is 0 Å². The van der Waals surface area contributed by atoms with Gasteiger partial charge in [0, 0.05) is 12.0 Å². The fourth-order valence-corrected chi connectivity index (χ4v) is 4.63. The van der Waals surface area contributed by atoms with E-state index in [9.17, 15) is 5.11 Å². The number of aliphatic hydroxyl groups excluding tert-OH is 1. The Labute approximate surface area is 116 Å². The van der Waals surface area contributed by atoms with E-state index in [0.29, 0.717) is 12.5 Å². The van der Waals surface area contributed by atoms with Gasteiger partial charge in [0.15, 0.2) is 0 Å². The Morgan fingerprint density at radius 3 is 2.68 bits per heavy atom. The molecule has 2 bridgehead atoms. The number of nitrogens with two attached hydrogens (primary N) is 1. The molecule has 1 aromatic carbocycles. The smallest absolute Gasteiger partial charge is 0.0863 e. The Hall–Kier alpha value is -0.860. The van der Waals surface area contributed by atoms with Gasteiger partial charge in [-0.1, -0.05) is 30.2 Å². The number of benzene rings is 1. The van der Waals surface area contributed by atoms with Crippen molar-refractivity contribution in [2.75, 3.05) is 6.54 Å². The molecule has 4 atom stereocenters. The van der Waals surface area contributed by atoms with E-state index >= 15 is 0 Å². The van der Waals surface area contributed by atoms with Gasteiger partial charge in [0.2, 0.25) is 0 Å². The van der Waals surface area contributed by atoms with E-state index in [1.165, 1.54) is 30.4 Å². The third-order valence-corrected chi connectivity index (χ3v) is 5.67. The van der Waals surface area contributed by atoms with Crippen molar-refractivity contribution < 1.29 is 5.11 Å². The summed E-state index contributed by atoms with van der Waals surface area (Å²) in [6.45, 7) is 4.81. The van der Waals surface area contributed by atoms with Crippen LogP contribution in [0.15, 0.2) is 18.2 Å². The lowest BCUT2D eigenvalue weighted by atomic mass is 9.67. The average molecular weight is 259 g/mol. The third-order valence-electron chi connectivity index (χ3n) is 5.67. The lowest BCUT2D eigenvalue weighted by Crippen LogP contribution is -2.41. The molecule has 2 aliphatic rings. The molecule has 2 aliphatic carbocycles. The predicted octanol–water partition coefficient (Wildman–Crippen LogP) is 3.10. The van der Waals surface area contributed by atoms with Crippen molar-refractivity contribution in [3.8, 4) is 0 Å². The van der Waals surface area contributed by atoms with Crippen LogP contribution in [0.2, 0.25) is 0 Å². The molecule has 0 aromatic heterocycles. The molecule has 0 aliphatic heterocycles. The first kappa shape index (κ1) is 13.1. The number of hydrogen-bond donors (Lipinski definition) is 2. The van der Waals surface area contributed by atoms with Gasteiger partial charge >= 0.3 is 0 Å². The summed E-state index contributed by atoms with van der Waals surface area (Å²) in [6.07, 6.45) is 4.59. The summed E-state index contributed by atoms with van der Waals surface area (Å²) in [5.41, 5.74) is 9.58. The number of fused-ring (bicyclic) bond motifs is 2. The van der Waals surface area contributed by atoms with Gasteiger partial charge in [0.1, 0.15) is 0 Å². The summed E-state index contributed by atoms with van der Waals surface area (Å²) in [5, 5.41) is 11.0. The maximum atomic E-state index is 11.0. The zero-order chi connectivity index (χ0) is 13.6. The first-order valence-electron chi connectivity index (χ1n) is 7.52. The van der Waals surface area contributed by atoms with Crippen molar-refractivity contribution in [2.45, 2.75) is 45.6 Å². The Balaban J connectivity index is 1.96. The number of aryl methyl sites for hydroxylation is 2. The van der Waals surface area contributed by atoms with Crippen LogP contribution in [0.4, 0.5) is 0 Å². The fraction of sp³-hybridized carbons (Fsp3) is 0.647. The number of aliphatic hydroxyl groups is 1. The second-order valence-corrected chi connectivity index (χ2v) is 6.78. The maximum absolute atomic E-state index is 11.0. The zero-order valence-electron chi connectivity index (χ0n) is 12.0. The highest BCUT2D eigenvalue weighted by atomic mass is 16.3. The van der Waals surface area contributed by atoms with E-state index in [2.05, 4.69) is 32.0 Å². The topological polar surface area (TPSA) is 46.2 Å². The fourth-order valence-electron chi connectivity index (χ4n) is 4.63. The Bertz CT molecular complexity index is 484. The van der Waals surface area contributed by atoms with Crippen LogP contribution >= 0.6 is 0 Å². The van der Waals surface area contributed by atoms with Crippen molar-refractivity contribution in [3.63, 3.8) is 0 Å². The minimum absolute atomic E-state index is 0.0665. The van der Waals surface area contributed by atoms with Gasteiger partial charge in [-0.05, 0) is 56.1 Å². The molecule has 1 aromatic rings. The quantitative estimate of drug-likeness (QED) is 0.876. The Morgan fingerprint density at radius 1 is 1.37 bits per heavy atom. The van der Waals surface area contributed by atoms with E-state index in [1.54, 1.807) is 0 Å². The molecule has 0 spiro atoms. The van der Waals surface area contributed by atoms with Crippen LogP contribution in [0, 0.1) is 31.1 Å². The summed E-state index contributed by atoms with van der Waals surface area (Å²) < 4.78 is 0. The third kappa shape index (κ3) is 1.93. The lowest BCUT2D eigenvalue weighted by Gasteiger charge is -2.41. The number of hydrogen-bond acceptors (Lipinski definition) is 2. The van der Waals surface area contributed by atoms with Gasteiger partial charge in [-0.25, -0.2) is 0 Å². The maximum Gasteiger partial charge on any atom is 0.0863 e. The predicted molar refractivity (Wildman–Crippen MR) is 77.8 cm³/mol. The van der Waals surface area contributed by atoms with E-state index in [1.807, 2.05) is 0 Å². The zero-order valence-corrected chi connectivity index (χ0v) is 12.0. The van der Waals surface area contributed by atoms with E-state index in [-0.39, 0.29) is 5.41 Å². The molecule has 0 saturated heterocycles. The second-order valence-electron chi connectivity index (χ2n) is 6.78. The van der Waals surface area contributed by atoms with Gasteiger partial charge in [0.25, 0.3) is 0 Å². The van der Waals surface area contributed by atoms with Crippen LogP contribution in [0.25, 0.3) is 0 Å². The van der Waals surface area contributed by atoms with Crippen LogP contribution in [-0.2, 0) is 0 Å². The molecule has 2 fully saturated rings. The average Bonchev–Trinajstić information content (AvgIpc) is 2.98. The molecule has 3 rings (SSSR count). The SMILES string of the molecule is Cc1ccc(C(O)C2(CN)CC3CCC2C3)c(C)c1. The van der Waals surface area contributed by atoms with E-state index in [4.69, 9.17) is 5.73 Å². The van der Waals surface area contributed by atoms with Gasteiger partial charge in [-0.3, -0.25) is 0 Å². The van der Waals surface area contributed by atoms with Gasteiger partial charge in [0.05, 0.1) is 6.10 Å². The van der Waals surface area contributed by atoms with Crippen molar-refractivity contribution in [1.82, 2.24) is 0 Å². The Morgan fingerprint density at radius 2 is 2.16 bits per heavy atom. The van der Waals surface area contributed by atoms with Crippen LogP contribution in [0.5, 0.6) is 0 Å². The minimum atomic E-state index is -0.395. The summed E-state index contributed by atoms with van der Waals surface area (Å²) in [4.78, 5) is 0. The molecule has 2 saturated carbocycles. The van der Waals surface area contributed by atoms with Crippen LogP contribution in [-0.4, -0.2) is 11.7 Å². The highest BCUT2D eigenvalue weighted by Gasteiger charge is 2.54. The van der Waals surface area contributed by atoms with Crippen molar-refractivity contribution in [3.05, 3.63) is 34.9 Å². The largest absolute Gasteiger partial charge is 0.388 e. The summed E-state index contributed by atoms with van der Waals surface area (Å²) >= 11 is 0. The first-order chi connectivity index (χ1) is 9.06. The molecular formula is C17H25NO. The van der Waals surface area contributed by atoms with Gasteiger partial charge < -0.3 is 10.8 Å². The highest BCUT2D eigenvalue weighted by molar-refractivity contribution is 5.34. The molecule has 0 radical (unpaired) electrons. The minimum Gasteiger partial charge on any atom is -0.388 e. The highest BCUT2D eigenvalue weighted by Crippen LogP contribution is 2.60. The lowest BCUT2D eigenvalue weighted by molar-refractivity contribution is -0.0134. The molecule has 4 unspecified atom stereocenters. The van der Waals surface area contributed by atoms with E-state index in [0.717, 1.165) is 17.9 Å². The standard InChI is InChI=1S/C17H25NO/c1-11-3-6-15(12(2)7-11)16(19)17(10-18)9-13-4-5-14(17)8-13/h3,6-7,13-14,16,19H,4-5,8-10,18H2,1-2H3. The van der Waals surface area contributed by atoms with Crippen molar-refractivity contribution in [2.24, 2.45) is 23.0 Å². The molecule has 104 valence electrons. The molecular weight excluding hydrogens is 234 g/mol. The van der Waals surface area contributed by atoms with Crippen LogP contribution < -0.4 is 5.73 Å². The van der Waals surface area contributed by atoms with Gasteiger partial charge in [-0.15, -0.1) is 0 Å². The molecule has 0 heterocycles.